The number of anilines is 1. The number of hydrogen-bond acceptors (Lipinski definition) is 5. The molecular weight excluding hydrogens is 272 g/mol. The minimum Gasteiger partial charge on any atom is -0.317 e. The monoisotopic (exact) mass is 292 g/mol. The molecule has 5 nitrogen and oxygen atoms in total. The molecular formula is C14H20N4OS. The Kier molecular flexibility index (Phi) is 5.53. The minimum absolute atomic E-state index is 0.0200. The van der Waals surface area contributed by atoms with Crippen LogP contribution in [0.15, 0.2) is 11.4 Å². The minimum atomic E-state index is -0.0200. The molecule has 0 bridgehead atoms. The van der Waals surface area contributed by atoms with Crippen molar-refractivity contribution in [3.05, 3.63) is 17.0 Å². The van der Waals surface area contributed by atoms with E-state index in [-0.39, 0.29) is 5.91 Å². The third-order valence-corrected chi connectivity index (χ3v) is 4.45. The van der Waals surface area contributed by atoms with Gasteiger partial charge in [-0.1, -0.05) is 6.92 Å². The molecule has 0 aliphatic carbocycles. The third kappa shape index (κ3) is 3.79. The van der Waals surface area contributed by atoms with E-state index in [4.69, 9.17) is 5.26 Å². The molecule has 0 saturated carbocycles. The molecule has 1 aromatic heterocycles. The van der Waals surface area contributed by atoms with E-state index in [1.54, 1.807) is 6.07 Å². The summed E-state index contributed by atoms with van der Waals surface area (Å²) in [5.74, 6) is -0.0200. The molecule has 1 unspecified atom stereocenters. The molecule has 1 fully saturated rings. The van der Waals surface area contributed by atoms with Crippen molar-refractivity contribution in [2.75, 3.05) is 31.5 Å². The summed E-state index contributed by atoms with van der Waals surface area (Å²) in [6, 6.07) is 4.35. The van der Waals surface area contributed by atoms with Gasteiger partial charge in [0.25, 0.3) is 0 Å². The lowest BCUT2D eigenvalue weighted by Crippen LogP contribution is -2.38. The van der Waals surface area contributed by atoms with Crippen molar-refractivity contribution >= 4 is 22.2 Å². The number of amides is 1. The fourth-order valence-corrected chi connectivity index (χ4v) is 3.23. The van der Waals surface area contributed by atoms with E-state index in [2.05, 4.69) is 28.5 Å². The summed E-state index contributed by atoms with van der Waals surface area (Å²) in [7, 11) is 0. The summed E-state index contributed by atoms with van der Waals surface area (Å²) < 4.78 is 0. The van der Waals surface area contributed by atoms with E-state index in [1.807, 2.05) is 5.38 Å². The van der Waals surface area contributed by atoms with E-state index >= 15 is 0 Å². The molecule has 1 aliphatic heterocycles. The van der Waals surface area contributed by atoms with Gasteiger partial charge in [0.05, 0.1) is 5.56 Å². The largest absolute Gasteiger partial charge is 0.317 e. The summed E-state index contributed by atoms with van der Waals surface area (Å²) in [4.78, 5) is 14.3. The van der Waals surface area contributed by atoms with Crippen LogP contribution in [0, 0.1) is 11.3 Å². The van der Waals surface area contributed by atoms with Gasteiger partial charge in [0, 0.05) is 25.6 Å². The zero-order valence-corrected chi connectivity index (χ0v) is 12.5. The van der Waals surface area contributed by atoms with Crippen LogP contribution >= 0.6 is 11.3 Å². The molecule has 20 heavy (non-hydrogen) atoms. The predicted octanol–water partition coefficient (Wildman–Crippen LogP) is 1.63. The number of nitriles is 1. The van der Waals surface area contributed by atoms with Gasteiger partial charge < -0.3 is 10.6 Å². The van der Waals surface area contributed by atoms with Crippen molar-refractivity contribution in [3.8, 4) is 6.07 Å². The Morgan fingerprint density at radius 2 is 2.55 bits per heavy atom. The van der Waals surface area contributed by atoms with Crippen molar-refractivity contribution in [2.24, 2.45) is 0 Å². The fourth-order valence-electron chi connectivity index (χ4n) is 2.48. The van der Waals surface area contributed by atoms with Crippen molar-refractivity contribution in [3.63, 3.8) is 0 Å². The van der Waals surface area contributed by atoms with Gasteiger partial charge in [-0.05, 0) is 31.0 Å². The topological polar surface area (TPSA) is 68.2 Å². The van der Waals surface area contributed by atoms with Gasteiger partial charge in [0.15, 0.2) is 0 Å². The van der Waals surface area contributed by atoms with Gasteiger partial charge in [-0.2, -0.15) is 5.26 Å². The van der Waals surface area contributed by atoms with Crippen molar-refractivity contribution in [1.29, 1.82) is 5.26 Å². The van der Waals surface area contributed by atoms with Gasteiger partial charge in [-0.25, -0.2) is 0 Å². The Morgan fingerprint density at radius 3 is 3.20 bits per heavy atom. The highest BCUT2D eigenvalue weighted by Crippen LogP contribution is 2.22. The van der Waals surface area contributed by atoms with Gasteiger partial charge in [-0.3, -0.25) is 9.69 Å². The molecule has 1 aliphatic rings. The molecule has 0 radical (unpaired) electrons. The average molecular weight is 292 g/mol. The summed E-state index contributed by atoms with van der Waals surface area (Å²) in [6.07, 6.45) is 1.62. The average Bonchev–Trinajstić information content (AvgIpc) is 3.10. The van der Waals surface area contributed by atoms with E-state index < -0.39 is 0 Å². The molecule has 1 aromatic rings. The number of likely N-dealkylation sites (N-methyl/N-ethyl adjacent to an activating group) is 1. The van der Waals surface area contributed by atoms with Gasteiger partial charge in [0.2, 0.25) is 5.91 Å². The van der Waals surface area contributed by atoms with Crippen molar-refractivity contribution in [2.45, 2.75) is 25.8 Å². The van der Waals surface area contributed by atoms with Gasteiger partial charge >= 0.3 is 0 Å². The highest BCUT2D eigenvalue weighted by Gasteiger charge is 2.21. The van der Waals surface area contributed by atoms with Crippen molar-refractivity contribution < 1.29 is 4.79 Å². The van der Waals surface area contributed by atoms with Crippen LogP contribution in [0.1, 0.15) is 25.3 Å². The Labute approximate surface area is 123 Å². The Bertz CT molecular complexity index is 488. The van der Waals surface area contributed by atoms with E-state index in [1.165, 1.54) is 11.3 Å². The standard InChI is InChI=1S/C14H20N4OS/c1-2-18(12-3-6-16-10-12)7-4-13(19)17-14-11(9-15)5-8-20-14/h5,8,12,16H,2-4,6-7,10H2,1H3,(H,17,19). The number of nitrogens with zero attached hydrogens (tertiary/aromatic N) is 2. The van der Waals surface area contributed by atoms with E-state index in [0.29, 0.717) is 23.0 Å². The molecule has 2 N–H and O–H groups in total. The number of thiophene rings is 1. The van der Waals surface area contributed by atoms with Crippen LogP contribution in [0.2, 0.25) is 0 Å². The highest BCUT2D eigenvalue weighted by atomic mass is 32.1. The van der Waals surface area contributed by atoms with Crippen LogP contribution in [0.3, 0.4) is 0 Å². The maximum atomic E-state index is 12.0. The number of hydrogen-bond donors (Lipinski definition) is 2. The lowest BCUT2D eigenvalue weighted by Gasteiger charge is -2.26. The first-order valence-electron chi connectivity index (χ1n) is 6.96. The second-order valence-corrected chi connectivity index (χ2v) is 5.76. The molecule has 108 valence electrons. The highest BCUT2D eigenvalue weighted by molar-refractivity contribution is 7.14. The molecule has 6 heteroatoms. The molecule has 0 spiro atoms. The summed E-state index contributed by atoms with van der Waals surface area (Å²) >= 11 is 1.39. The maximum absolute atomic E-state index is 12.0. The van der Waals surface area contributed by atoms with Crippen LogP contribution in [0.4, 0.5) is 5.00 Å². The Hall–Kier alpha value is -1.42. The normalized spacial score (nSPS) is 18.1. The Balaban J connectivity index is 1.81. The number of carbonyl (C=O) groups excluding carboxylic acids is 1. The van der Waals surface area contributed by atoms with Gasteiger partial charge in [-0.15, -0.1) is 11.3 Å². The molecule has 2 heterocycles. The third-order valence-electron chi connectivity index (χ3n) is 3.62. The second kappa shape index (κ2) is 7.39. The van der Waals surface area contributed by atoms with Crippen LogP contribution in [0.25, 0.3) is 0 Å². The van der Waals surface area contributed by atoms with Crippen LogP contribution in [0.5, 0.6) is 0 Å². The van der Waals surface area contributed by atoms with Crippen LogP contribution in [-0.4, -0.2) is 43.0 Å². The predicted molar refractivity (Wildman–Crippen MR) is 80.8 cm³/mol. The first-order valence-corrected chi connectivity index (χ1v) is 7.84. The van der Waals surface area contributed by atoms with Crippen LogP contribution < -0.4 is 10.6 Å². The summed E-state index contributed by atoms with van der Waals surface area (Å²) in [6.45, 7) is 5.93. The van der Waals surface area contributed by atoms with Crippen LogP contribution in [-0.2, 0) is 4.79 Å². The lowest BCUT2D eigenvalue weighted by atomic mass is 10.2. The first kappa shape index (κ1) is 15.0. The van der Waals surface area contributed by atoms with Gasteiger partial charge in [0.1, 0.15) is 11.1 Å². The molecule has 1 amide bonds. The number of rotatable bonds is 6. The quantitative estimate of drug-likeness (QED) is 0.836. The van der Waals surface area contributed by atoms with E-state index in [9.17, 15) is 4.79 Å². The molecule has 1 atom stereocenters. The SMILES string of the molecule is CCN(CCC(=O)Nc1sccc1C#N)C1CCNC1. The zero-order valence-electron chi connectivity index (χ0n) is 11.7. The maximum Gasteiger partial charge on any atom is 0.226 e. The lowest BCUT2D eigenvalue weighted by molar-refractivity contribution is -0.116. The summed E-state index contributed by atoms with van der Waals surface area (Å²) in [5, 5.41) is 17.6. The van der Waals surface area contributed by atoms with Crippen molar-refractivity contribution in [1.82, 2.24) is 10.2 Å². The molecule has 0 aromatic carbocycles. The fraction of sp³-hybridized carbons (Fsp3) is 0.571. The Morgan fingerprint density at radius 1 is 1.70 bits per heavy atom. The van der Waals surface area contributed by atoms with E-state index in [0.717, 1.165) is 32.6 Å². The first-order chi connectivity index (χ1) is 9.74. The molecule has 1 saturated heterocycles. The number of nitrogens with one attached hydrogen (secondary N) is 2. The second-order valence-electron chi connectivity index (χ2n) is 4.85. The number of carbonyl (C=O) groups is 1. The smallest absolute Gasteiger partial charge is 0.226 e. The summed E-state index contributed by atoms with van der Waals surface area (Å²) in [5.41, 5.74) is 0.538. The molecule has 2 rings (SSSR count). The zero-order chi connectivity index (χ0) is 14.4.